The number of carbonyl (C=O) groups is 1. The summed E-state index contributed by atoms with van der Waals surface area (Å²) in [6.07, 6.45) is 1.47. The standard InChI is InChI=1S/C16H7Cl2F2NO2/c17-9-3-1-2-8(4-9)5-14-16(22)23-15(21-14)10-6-12(19)13(20)7-11(10)18/h1-7H/b14-5-. The molecule has 0 spiro atoms. The number of cyclic esters (lactones) is 1. The van der Waals surface area contributed by atoms with E-state index in [4.69, 9.17) is 27.9 Å². The van der Waals surface area contributed by atoms with Gasteiger partial charge in [-0.1, -0.05) is 35.3 Å². The van der Waals surface area contributed by atoms with E-state index in [9.17, 15) is 13.6 Å². The molecule has 0 unspecified atom stereocenters. The highest BCUT2D eigenvalue weighted by atomic mass is 35.5. The van der Waals surface area contributed by atoms with Crippen molar-refractivity contribution in [3.8, 4) is 0 Å². The van der Waals surface area contributed by atoms with Gasteiger partial charge in [-0.3, -0.25) is 0 Å². The average Bonchev–Trinajstić information content (AvgIpc) is 2.84. The Morgan fingerprint density at radius 1 is 1.09 bits per heavy atom. The van der Waals surface area contributed by atoms with Crippen LogP contribution < -0.4 is 0 Å². The van der Waals surface area contributed by atoms with Crippen LogP contribution in [0.4, 0.5) is 8.78 Å². The van der Waals surface area contributed by atoms with Crippen LogP contribution in [-0.4, -0.2) is 11.9 Å². The summed E-state index contributed by atoms with van der Waals surface area (Å²) >= 11 is 11.7. The molecule has 0 N–H and O–H groups in total. The van der Waals surface area contributed by atoms with E-state index in [1.807, 2.05) is 0 Å². The Morgan fingerprint density at radius 2 is 1.83 bits per heavy atom. The van der Waals surface area contributed by atoms with Crippen molar-refractivity contribution in [2.75, 3.05) is 0 Å². The number of aliphatic imine (C=N–C) groups is 1. The highest BCUT2D eigenvalue weighted by Gasteiger charge is 2.26. The SMILES string of the molecule is O=C1OC(c2cc(F)c(F)cc2Cl)=N/C1=C\c1cccc(Cl)c1. The Bertz CT molecular complexity index is 878. The van der Waals surface area contributed by atoms with Gasteiger partial charge in [0, 0.05) is 5.02 Å². The molecule has 0 fully saturated rings. The first kappa shape index (κ1) is 15.6. The number of rotatable bonds is 2. The van der Waals surface area contributed by atoms with Crippen LogP contribution in [0.3, 0.4) is 0 Å². The third-order valence-corrected chi connectivity index (χ3v) is 3.56. The number of hydrogen-bond acceptors (Lipinski definition) is 3. The summed E-state index contributed by atoms with van der Waals surface area (Å²) < 4.78 is 31.4. The topological polar surface area (TPSA) is 38.7 Å². The zero-order valence-corrected chi connectivity index (χ0v) is 12.8. The number of esters is 1. The molecule has 7 heteroatoms. The first-order valence-electron chi connectivity index (χ1n) is 6.37. The Kier molecular flexibility index (Phi) is 4.15. The van der Waals surface area contributed by atoms with Gasteiger partial charge in [0.25, 0.3) is 0 Å². The molecule has 0 saturated heterocycles. The monoisotopic (exact) mass is 353 g/mol. The van der Waals surface area contributed by atoms with Crippen molar-refractivity contribution >= 4 is 41.1 Å². The molecular weight excluding hydrogens is 347 g/mol. The molecule has 0 amide bonds. The van der Waals surface area contributed by atoms with Crippen LogP contribution in [0.5, 0.6) is 0 Å². The number of ether oxygens (including phenoxy) is 1. The first-order chi connectivity index (χ1) is 10.9. The number of nitrogens with zero attached hydrogens (tertiary/aromatic N) is 1. The van der Waals surface area contributed by atoms with Gasteiger partial charge >= 0.3 is 5.97 Å². The summed E-state index contributed by atoms with van der Waals surface area (Å²) in [5.74, 6) is -3.12. The van der Waals surface area contributed by atoms with Gasteiger partial charge in [0.05, 0.1) is 10.6 Å². The molecule has 1 aliphatic heterocycles. The second-order valence-electron chi connectivity index (χ2n) is 4.64. The van der Waals surface area contributed by atoms with E-state index in [1.54, 1.807) is 24.3 Å². The maximum absolute atomic E-state index is 13.3. The van der Waals surface area contributed by atoms with Gasteiger partial charge in [-0.15, -0.1) is 0 Å². The molecule has 3 nitrogen and oxygen atoms in total. The molecule has 0 bridgehead atoms. The van der Waals surface area contributed by atoms with Crippen LogP contribution in [0.15, 0.2) is 47.1 Å². The molecule has 1 heterocycles. The number of hydrogen-bond donors (Lipinski definition) is 0. The maximum atomic E-state index is 13.3. The van der Waals surface area contributed by atoms with E-state index in [-0.39, 0.29) is 22.2 Å². The summed E-state index contributed by atoms with van der Waals surface area (Å²) in [5, 5.41) is 0.387. The fourth-order valence-electron chi connectivity index (χ4n) is 1.97. The van der Waals surface area contributed by atoms with E-state index < -0.39 is 17.6 Å². The minimum atomic E-state index is -1.12. The summed E-state index contributed by atoms with van der Waals surface area (Å²) in [7, 11) is 0. The van der Waals surface area contributed by atoms with Crippen molar-refractivity contribution in [3.05, 3.63) is 74.9 Å². The second kappa shape index (κ2) is 6.10. The van der Waals surface area contributed by atoms with Gasteiger partial charge in [0.2, 0.25) is 5.90 Å². The Morgan fingerprint density at radius 3 is 2.57 bits per heavy atom. The molecule has 23 heavy (non-hydrogen) atoms. The molecule has 0 saturated carbocycles. The Hall–Kier alpha value is -2.24. The van der Waals surface area contributed by atoms with Crippen LogP contribution in [0.1, 0.15) is 11.1 Å². The van der Waals surface area contributed by atoms with E-state index in [2.05, 4.69) is 4.99 Å². The zero-order valence-electron chi connectivity index (χ0n) is 11.3. The van der Waals surface area contributed by atoms with Crippen LogP contribution >= 0.6 is 23.2 Å². The number of carbonyl (C=O) groups excluding carboxylic acids is 1. The highest BCUT2D eigenvalue weighted by Crippen LogP contribution is 2.26. The van der Waals surface area contributed by atoms with E-state index in [0.29, 0.717) is 10.6 Å². The smallest absolute Gasteiger partial charge is 0.363 e. The molecule has 0 radical (unpaired) electrons. The van der Waals surface area contributed by atoms with Crippen LogP contribution in [0.25, 0.3) is 6.08 Å². The molecule has 2 aromatic rings. The normalized spacial score (nSPS) is 15.7. The lowest BCUT2D eigenvalue weighted by Crippen LogP contribution is -2.07. The molecule has 3 rings (SSSR count). The van der Waals surface area contributed by atoms with Crippen LogP contribution in [0, 0.1) is 11.6 Å². The predicted molar refractivity (Wildman–Crippen MR) is 83.4 cm³/mol. The lowest BCUT2D eigenvalue weighted by Gasteiger charge is -2.03. The van der Waals surface area contributed by atoms with Crippen molar-refractivity contribution in [3.63, 3.8) is 0 Å². The number of benzene rings is 2. The highest BCUT2D eigenvalue weighted by molar-refractivity contribution is 6.34. The fourth-order valence-corrected chi connectivity index (χ4v) is 2.39. The van der Waals surface area contributed by atoms with Crippen molar-refractivity contribution < 1.29 is 18.3 Å². The van der Waals surface area contributed by atoms with E-state index in [1.165, 1.54) is 6.08 Å². The average molecular weight is 354 g/mol. The number of halogens is 4. The third kappa shape index (κ3) is 3.25. The zero-order chi connectivity index (χ0) is 16.6. The fraction of sp³-hybridized carbons (Fsp3) is 0. The van der Waals surface area contributed by atoms with Crippen LogP contribution in [0.2, 0.25) is 10.0 Å². The predicted octanol–water partition coefficient (Wildman–Crippen LogP) is 4.62. The van der Waals surface area contributed by atoms with Crippen molar-refractivity contribution in [1.82, 2.24) is 0 Å². The minimum absolute atomic E-state index is 0.00284. The van der Waals surface area contributed by atoms with Gasteiger partial charge in [-0.25, -0.2) is 18.6 Å². The maximum Gasteiger partial charge on any atom is 0.363 e. The van der Waals surface area contributed by atoms with E-state index >= 15 is 0 Å². The van der Waals surface area contributed by atoms with Gasteiger partial charge in [-0.05, 0) is 35.9 Å². The van der Waals surface area contributed by atoms with Crippen molar-refractivity contribution in [2.24, 2.45) is 4.99 Å². The summed E-state index contributed by atoms with van der Waals surface area (Å²) in [6.45, 7) is 0. The molecule has 0 atom stereocenters. The summed E-state index contributed by atoms with van der Waals surface area (Å²) in [6, 6.07) is 8.38. The summed E-state index contributed by atoms with van der Waals surface area (Å²) in [5.41, 5.74) is 0.641. The lowest BCUT2D eigenvalue weighted by atomic mass is 10.2. The van der Waals surface area contributed by atoms with Crippen molar-refractivity contribution in [2.45, 2.75) is 0 Å². The largest absolute Gasteiger partial charge is 0.402 e. The first-order valence-corrected chi connectivity index (χ1v) is 7.12. The lowest BCUT2D eigenvalue weighted by molar-refractivity contribution is -0.129. The second-order valence-corrected chi connectivity index (χ2v) is 5.48. The van der Waals surface area contributed by atoms with Gasteiger partial charge in [-0.2, -0.15) is 0 Å². The Balaban J connectivity index is 2.00. The molecule has 116 valence electrons. The van der Waals surface area contributed by atoms with Gasteiger partial charge in [0.1, 0.15) is 0 Å². The molecule has 1 aliphatic rings. The van der Waals surface area contributed by atoms with Crippen LogP contribution in [-0.2, 0) is 9.53 Å². The molecule has 0 aliphatic carbocycles. The van der Waals surface area contributed by atoms with E-state index in [0.717, 1.165) is 12.1 Å². The Labute approximate surface area is 139 Å². The van der Waals surface area contributed by atoms with Crippen molar-refractivity contribution in [1.29, 1.82) is 0 Å². The summed E-state index contributed by atoms with van der Waals surface area (Å²) in [4.78, 5) is 15.8. The minimum Gasteiger partial charge on any atom is -0.402 e. The van der Waals surface area contributed by atoms with Gasteiger partial charge < -0.3 is 4.74 Å². The molecular formula is C16H7Cl2F2NO2. The molecule has 0 aromatic heterocycles. The molecule has 2 aromatic carbocycles. The quantitative estimate of drug-likeness (QED) is 0.449. The third-order valence-electron chi connectivity index (χ3n) is 3.01. The van der Waals surface area contributed by atoms with Gasteiger partial charge in [0.15, 0.2) is 17.3 Å².